The van der Waals surface area contributed by atoms with Crippen LogP contribution in [0.4, 0.5) is 13.2 Å². The van der Waals surface area contributed by atoms with E-state index in [0.29, 0.717) is 25.2 Å². The minimum absolute atomic E-state index is 0.0784. The van der Waals surface area contributed by atoms with E-state index in [1.165, 1.54) is 5.56 Å². The van der Waals surface area contributed by atoms with Gasteiger partial charge in [-0.05, 0) is 63.9 Å². The summed E-state index contributed by atoms with van der Waals surface area (Å²) in [6.45, 7) is 10.1. The Morgan fingerprint density at radius 2 is 1.92 bits per heavy atom. The van der Waals surface area contributed by atoms with Crippen molar-refractivity contribution in [2.24, 2.45) is 5.92 Å². The number of rotatable bonds is 4. The van der Waals surface area contributed by atoms with Crippen LogP contribution in [-0.4, -0.2) is 20.8 Å². The molecule has 6 heteroatoms. The third-order valence-corrected chi connectivity index (χ3v) is 5.47. The summed E-state index contributed by atoms with van der Waals surface area (Å²) in [6, 6.07) is 1.95. The largest absolute Gasteiger partial charge is 0.391 e. The molecule has 2 aromatic rings. The van der Waals surface area contributed by atoms with Crippen LogP contribution < -0.4 is 0 Å². The first kappa shape index (κ1) is 19.2. The maximum Gasteiger partial charge on any atom is 0.391 e. The Hall–Kier alpha value is -1.59. The lowest BCUT2D eigenvalue weighted by Crippen LogP contribution is -2.27. The Kier molecular flexibility index (Phi) is 5.31. The van der Waals surface area contributed by atoms with Gasteiger partial charge in [0, 0.05) is 23.4 Å². The molecule has 0 unspecified atom stereocenters. The molecule has 0 bridgehead atoms. The van der Waals surface area contributed by atoms with Gasteiger partial charge < -0.3 is 0 Å². The first-order valence-corrected chi connectivity index (χ1v) is 9.29. The summed E-state index contributed by atoms with van der Waals surface area (Å²) in [5.74, 6) is -0.772. The molecule has 2 radical (unpaired) electrons. The molecule has 1 fully saturated rings. The molecule has 1 saturated carbocycles. The SMILES string of the molecule is [CH2][CH]Cc1c(C(C)C)c(C)nc2cc(C3CCC(C(F)(F)F)CC3)nn12. The fraction of sp³-hybridized carbons (Fsp3) is 0.600. The monoisotopic (exact) mass is 365 g/mol. The van der Waals surface area contributed by atoms with Gasteiger partial charge in [0.05, 0.1) is 11.6 Å². The van der Waals surface area contributed by atoms with Crippen molar-refractivity contribution < 1.29 is 13.2 Å². The van der Waals surface area contributed by atoms with Gasteiger partial charge in [0.15, 0.2) is 5.65 Å². The van der Waals surface area contributed by atoms with E-state index in [1.54, 1.807) is 0 Å². The molecule has 3 nitrogen and oxygen atoms in total. The van der Waals surface area contributed by atoms with E-state index in [0.717, 1.165) is 22.7 Å². The van der Waals surface area contributed by atoms with Crippen LogP contribution in [-0.2, 0) is 6.42 Å². The topological polar surface area (TPSA) is 30.2 Å². The van der Waals surface area contributed by atoms with Gasteiger partial charge in [-0.3, -0.25) is 0 Å². The number of nitrogens with zero attached hydrogens (tertiary/aromatic N) is 3. The average molecular weight is 365 g/mol. The maximum absolute atomic E-state index is 12.9. The molecule has 0 amide bonds. The van der Waals surface area contributed by atoms with Crippen LogP contribution in [0.15, 0.2) is 6.07 Å². The maximum atomic E-state index is 12.9. The van der Waals surface area contributed by atoms with Crippen molar-refractivity contribution >= 4 is 5.65 Å². The van der Waals surface area contributed by atoms with Crippen molar-refractivity contribution in [3.8, 4) is 0 Å². The van der Waals surface area contributed by atoms with Crippen molar-refractivity contribution in [2.75, 3.05) is 0 Å². The van der Waals surface area contributed by atoms with Crippen molar-refractivity contribution in [3.05, 3.63) is 42.1 Å². The Morgan fingerprint density at radius 1 is 1.27 bits per heavy atom. The first-order valence-electron chi connectivity index (χ1n) is 9.29. The molecule has 0 aromatic carbocycles. The van der Waals surface area contributed by atoms with Gasteiger partial charge in [-0.1, -0.05) is 13.8 Å². The van der Waals surface area contributed by atoms with E-state index < -0.39 is 12.1 Å². The number of aryl methyl sites for hydroxylation is 1. The van der Waals surface area contributed by atoms with Gasteiger partial charge in [-0.15, -0.1) is 0 Å². The zero-order valence-corrected chi connectivity index (χ0v) is 15.6. The van der Waals surface area contributed by atoms with Crippen molar-refractivity contribution in [3.63, 3.8) is 0 Å². The fourth-order valence-corrected chi connectivity index (χ4v) is 4.22. The van der Waals surface area contributed by atoms with Crippen molar-refractivity contribution in [1.29, 1.82) is 0 Å². The highest BCUT2D eigenvalue weighted by molar-refractivity contribution is 5.46. The first-order chi connectivity index (χ1) is 12.2. The molecular weight excluding hydrogens is 339 g/mol. The van der Waals surface area contributed by atoms with E-state index in [2.05, 4.69) is 20.8 Å². The minimum atomic E-state index is -4.08. The molecule has 0 atom stereocenters. The van der Waals surface area contributed by atoms with Gasteiger partial charge in [0.1, 0.15) is 0 Å². The molecule has 1 aliphatic carbocycles. The van der Waals surface area contributed by atoms with Crippen LogP contribution in [0, 0.1) is 26.2 Å². The molecule has 0 spiro atoms. The summed E-state index contributed by atoms with van der Waals surface area (Å²) in [7, 11) is 0. The number of aromatic nitrogens is 3. The number of halogens is 3. The third-order valence-electron chi connectivity index (χ3n) is 5.47. The number of hydrogen-bond donors (Lipinski definition) is 0. The van der Waals surface area contributed by atoms with E-state index in [1.807, 2.05) is 23.9 Å². The number of alkyl halides is 3. The van der Waals surface area contributed by atoms with Gasteiger partial charge in [0.2, 0.25) is 0 Å². The van der Waals surface area contributed by atoms with Crippen LogP contribution >= 0.6 is 0 Å². The quantitative estimate of drug-likeness (QED) is 0.708. The van der Waals surface area contributed by atoms with E-state index in [-0.39, 0.29) is 18.8 Å². The molecule has 0 saturated heterocycles. The number of hydrogen-bond acceptors (Lipinski definition) is 2. The minimum Gasteiger partial charge on any atom is -0.234 e. The molecule has 3 rings (SSSR count). The molecule has 26 heavy (non-hydrogen) atoms. The second-order valence-corrected chi connectivity index (χ2v) is 7.63. The fourth-order valence-electron chi connectivity index (χ4n) is 4.22. The predicted molar refractivity (Wildman–Crippen MR) is 95.9 cm³/mol. The lowest BCUT2D eigenvalue weighted by Gasteiger charge is -2.28. The van der Waals surface area contributed by atoms with E-state index >= 15 is 0 Å². The summed E-state index contributed by atoms with van der Waals surface area (Å²) < 4.78 is 40.6. The van der Waals surface area contributed by atoms with Crippen LogP contribution in [0.5, 0.6) is 0 Å². The van der Waals surface area contributed by atoms with Gasteiger partial charge in [0.25, 0.3) is 0 Å². The molecule has 0 N–H and O–H groups in total. The average Bonchev–Trinajstić information content (AvgIpc) is 2.97. The lowest BCUT2D eigenvalue weighted by molar-refractivity contribution is -0.182. The summed E-state index contributed by atoms with van der Waals surface area (Å²) in [4.78, 5) is 4.70. The van der Waals surface area contributed by atoms with Crippen LogP contribution in [0.3, 0.4) is 0 Å². The summed E-state index contributed by atoms with van der Waals surface area (Å²) >= 11 is 0. The highest BCUT2D eigenvalue weighted by Gasteiger charge is 2.42. The Morgan fingerprint density at radius 3 is 2.46 bits per heavy atom. The highest BCUT2D eigenvalue weighted by atomic mass is 19.4. The summed E-state index contributed by atoms with van der Waals surface area (Å²) in [6.07, 6.45) is -0.102. The Balaban J connectivity index is 1.94. The standard InChI is InChI=1S/C20H26F3N3/c1-5-6-17-19(12(2)3)13(4)24-18-11-16(25-26(17)18)14-7-9-15(10-8-14)20(21,22)23/h5,11-12,14-15H,1,6-10H2,2-4H3. The molecule has 2 heterocycles. The molecule has 142 valence electrons. The van der Waals surface area contributed by atoms with Crippen LogP contribution in [0.25, 0.3) is 5.65 Å². The van der Waals surface area contributed by atoms with Crippen molar-refractivity contribution in [1.82, 2.24) is 14.6 Å². The zero-order valence-electron chi connectivity index (χ0n) is 15.6. The molecule has 0 aliphatic heterocycles. The predicted octanol–water partition coefficient (Wildman–Crippen LogP) is 5.58. The summed E-state index contributed by atoms with van der Waals surface area (Å²) in [5.41, 5.74) is 4.87. The normalized spacial score (nSPS) is 21.7. The third kappa shape index (κ3) is 3.60. The van der Waals surface area contributed by atoms with Crippen molar-refractivity contribution in [2.45, 2.75) is 70.9 Å². The molecule has 2 aromatic heterocycles. The Bertz CT molecular complexity index is 769. The zero-order chi connectivity index (χ0) is 19.1. The van der Waals surface area contributed by atoms with Crippen LogP contribution in [0.2, 0.25) is 0 Å². The van der Waals surface area contributed by atoms with Gasteiger partial charge in [-0.2, -0.15) is 18.3 Å². The lowest BCUT2D eigenvalue weighted by atomic mass is 9.80. The smallest absolute Gasteiger partial charge is 0.234 e. The second kappa shape index (κ2) is 7.20. The number of fused-ring (bicyclic) bond motifs is 1. The molecular formula is C20H26F3N3. The molecule has 1 aliphatic rings. The Labute approximate surface area is 153 Å². The summed E-state index contributed by atoms with van der Waals surface area (Å²) in [5, 5.41) is 4.75. The van der Waals surface area contributed by atoms with E-state index in [9.17, 15) is 13.2 Å². The van der Waals surface area contributed by atoms with Gasteiger partial charge in [-0.25, -0.2) is 9.50 Å². The van der Waals surface area contributed by atoms with E-state index in [4.69, 9.17) is 10.1 Å². The highest BCUT2D eigenvalue weighted by Crippen LogP contribution is 2.42. The van der Waals surface area contributed by atoms with Gasteiger partial charge >= 0.3 is 6.18 Å². The second-order valence-electron chi connectivity index (χ2n) is 7.63. The van der Waals surface area contributed by atoms with Crippen LogP contribution in [0.1, 0.15) is 74.0 Å².